The van der Waals surface area contributed by atoms with Crippen molar-refractivity contribution >= 4 is 12.0 Å². The van der Waals surface area contributed by atoms with Crippen molar-refractivity contribution in [3.05, 3.63) is 77.7 Å². The van der Waals surface area contributed by atoms with E-state index in [0.717, 1.165) is 24.0 Å². The Bertz CT molecular complexity index is 1120. The van der Waals surface area contributed by atoms with Crippen molar-refractivity contribution < 1.29 is 18.7 Å². The van der Waals surface area contributed by atoms with Crippen LogP contribution in [0.15, 0.2) is 65.1 Å². The first-order chi connectivity index (χ1) is 16.1. The Hall–Kier alpha value is -3.61. The molecular weight excluding hydrogens is 418 g/mol. The Morgan fingerprint density at radius 3 is 2.39 bits per heavy atom. The van der Waals surface area contributed by atoms with Gasteiger partial charge in [0.05, 0.1) is 18.2 Å². The number of carbonyl (C=O) groups excluding carboxylic acids is 2. The van der Waals surface area contributed by atoms with Crippen LogP contribution >= 0.6 is 0 Å². The fourth-order valence-corrected chi connectivity index (χ4v) is 4.71. The summed E-state index contributed by atoms with van der Waals surface area (Å²) in [5.74, 6) is 1.24. The van der Waals surface area contributed by atoms with Crippen molar-refractivity contribution in [3.63, 3.8) is 0 Å². The van der Waals surface area contributed by atoms with Gasteiger partial charge in [-0.05, 0) is 37.5 Å². The number of likely N-dealkylation sites (tertiary alicyclic amines) is 1. The topological polar surface area (TPSA) is 75.9 Å². The van der Waals surface area contributed by atoms with Gasteiger partial charge >= 0.3 is 6.09 Å². The van der Waals surface area contributed by atoms with E-state index in [1.807, 2.05) is 77.4 Å². The highest BCUT2D eigenvalue weighted by molar-refractivity contribution is 5.79. The number of piperidine rings is 1. The van der Waals surface area contributed by atoms with Crippen molar-refractivity contribution in [3.8, 4) is 11.5 Å². The third-order valence-electron chi connectivity index (χ3n) is 6.54. The molecule has 3 aromatic rings. The first-order valence-corrected chi connectivity index (χ1v) is 11.4. The molecular formula is C26H27N3O4. The molecule has 5 rings (SSSR count). The summed E-state index contributed by atoms with van der Waals surface area (Å²) < 4.78 is 11.2. The molecule has 0 saturated carbocycles. The molecule has 3 heterocycles. The maximum absolute atomic E-state index is 13.0. The minimum absolute atomic E-state index is 0.0352. The number of cyclic esters (lactones) is 1. The van der Waals surface area contributed by atoms with Crippen molar-refractivity contribution in [2.24, 2.45) is 0 Å². The molecule has 1 aromatic heterocycles. The average Bonchev–Trinajstić information content (AvgIpc) is 3.42. The molecule has 2 aliphatic heterocycles. The Labute approximate surface area is 193 Å². The van der Waals surface area contributed by atoms with Crippen LogP contribution in [0.1, 0.15) is 35.9 Å². The number of benzene rings is 2. The van der Waals surface area contributed by atoms with Gasteiger partial charge in [-0.1, -0.05) is 48.5 Å². The minimum Gasteiger partial charge on any atom is -0.447 e. The fraction of sp³-hybridized carbons (Fsp3) is 0.346. The van der Waals surface area contributed by atoms with E-state index >= 15 is 0 Å². The van der Waals surface area contributed by atoms with Crippen LogP contribution in [0.25, 0.3) is 11.5 Å². The van der Waals surface area contributed by atoms with Gasteiger partial charge in [0.2, 0.25) is 11.8 Å². The van der Waals surface area contributed by atoms with Gasteiger partial charge in [0.15, 0.2) is 0 Å². The van der Waals surface area contributed by atoms with E-state index < -0.39 is 0 Å². The zero-order valence-corrected chi connectivity index (χ0v) is 18.6. The molecule has 0 unspecified atom stereocenters. The number of amides is 2. The monoisotopic (exact) mass is 445 g/mol. The summed E-state index contributed by atoms with van der Waals surface area (Å²) in [6.45, 7) is 3.43. The molecule has 0 N–H and O–H groups in total. The van der Waals surface area contributed by atoms with Crippen LogP contribution in [0.5, 0.6) is 0 Å². The summed E-state index contributed by atoms with van der Waals surface area (Å²) in [6, 6.07) is 19.7. The van der Waals surface area contributed by atoms with Crippen molar-refractivity contribution in [2.45, 2.75) is 38.3 Å². The zero-order valence-electron chi connectivity index (χ0n) is 18.6. The smallest absolute Gasteiger partial charge is 0.410 e. The van der Waals surface area contributed by atoms with Crippen LogP contribution in [-0.4, -0.2) is 52.5 Å². The number of nitrogens with zero attached hydrogens (tertiary/aromatic N) is 3. The number of hydrogen-bond donors (Lipinski definition) is 0. The van der Waals surface area contributed by atoms with E-state index in [1.165, 1.54) is 0 Å². The summed E-state index contributed by atoms with van der Waals surface area (Å²) in [5.41, 5.74) is 2.65. The maximum Gasteiger partial charge on any atom is 0.410 e. The summed E-state index contributed by atoms with van der Waals surface area (Å²) in [4.78, 5) is 33.8. The van der Waals surface area contributed by atoms with E-state index in [2.05, 4.69) is 4.98 Å². The van der Waals surface area contributed by atoms with Crippen LogP contribution in [0, 0.1) is 6.92 Å². The van der Waals surface area contributed by atoms with Gasteiger partial charge in [-0.25, -0.2) is 9.78 Å². The normalized spacial score (nSPS) is 19.1. The molecule has 2 aromatic carbocycles. The lowest BCUT2D eigenvalue weighted by Crippen LogP contribution is -2.48. The summed E-state index contributed by atoms with van der Waals surface area (Å²) in [7, 11) is 0. The van der Waals surface area contributed by atoms with Crippen LogP contribution in [-0.2, 0) is 16.0 Å². The second-order valence-corrected chi connectivity index (χ2v) is 8.59. The Balaban J connectivity index is 1.21. The van der Waals surface area contributed by atoms with Gasteiger partial charge in [-0.3, -0.25) is 9.69 Å². The minimum atomic E-state index is -0.264. The van der Waals surface area contributed by atoms with Crippen LogP contribution in [0.2, 0.25) is 0 Å². The molecule has 7 heteroatoms. The summed E-state index contributed by atoms with van der Waals surface area (Å²) in [6.07, 6.45) is 1.42. The molecule has 0 radical (unpaired) electrons. The fourth-order valence-electron chi connectivity index (χ4n) is 4.71. The quantitative estimate of drug-likeness (QED) is 0.583. The van der Waals surface area contributed by atoms with E-state index in [0.29, 0.717) is 37.0 Å². The third kappa shape index (κ3) is 4.35. The highest BCUT2D eigenvalue weighted by Crippen LogP contribution is 2.33. The van der Waals surface area contributed by atoms with Crippen molar-refractivity contribution in [1.29, 1.82) is 0 Å². The molecule has 0 aliphatic carbocycles. The molecule has 2 fully saturated rings. The number of oxazole rings is 1. The van der Waals surface area contributed by atoms with Gasteiger partial charge in [0.1, 0.15) is 12.4 Å². The number of aryl methyl sites for hydroxylation is 1. The SMILES string of the molecule is Cc1oc(-c2ccccc2)nc1CC(=O)N1CCC(N2C(=O)OC[C@H]2c2ccccc2)CC1. The highest BCUT2D eigenvalue weighted by Gasteiger charge is 2.40. The predicted molar refractivity (Wildman–Crippen MR) is 122 cm³/mol. The number of ether oxygens (including phenoxy) is 1. The predicted octanol–water partition coefficient (Wildman–Crippen LogP) is 4.38. The molecule has 0 spiro atoms. The Morgan fingerprint density at radius 1 is 1.03 bits per heavy atom. The number of carbonyl (C=O) groups is 2. The molecule has 2 aliphatic rings. The van der Waals surface area contributed by atoms with E-state index in [9.17, 15) is 9.59 Å². The second kappa shape index (κ2) is 9.10. The Morgan fingerprint density at radius 2 is 1.70 bits per heavy atom. The maximum atomic E-state index is 13.0. The Kier molecular flexibility index (Phi) is 5.86. The average molecular weight is 446 g/mol. The molecule has 2 saturated heterocycles. The van der Waals surface area contributed by atoms with Crippen LogP contribution < -0.4 is 0 Å². The van der Waals surface area contributed by atoms with Crippen molar-refractivity contribution in [2.75, 3.05) is 19.7 Å². The third-order valence-corrected chi connectivity index (χ3v) is 6.54. The van der Waals surface area contributed by atoms with Gasteiger partial charge in [-0.15, -0.1) is 0 Å². The summed E-state index contributed by atoms with van der Waals surface area (Å²) in [5, 5.41) is 0. The van der Waals surface area contributed by atoms with Crippen molar-refractivity contribution in [1.82, 2.24) is 14.8 Å². The lowest BCUT2D eigenvalue weighted by Gasteiger charge is -2.38. The van der Waals surface area contributed by atoms with E-state index in [-0.39, 0.29) is 30.5 Å². The largest absolute Gasteiger partial charge is 0.447 e. The van der Waals surface area contributed by atoms with E-state index in [4.69, 9.17) is 9.15 Å². The molecule has 7 nitrogen and oxygen atoms in total. The molecule has 170 valence electrons. The molecule has 2 amide bonds. The number of aromatic nitrogens is 1. The molecule has 0 bridgehead atoms. The zero-order chi connectivity index (χ0) is 22.8. The molecule has 1 atom stereocenters. The van der Waals surface area contributed by atoms with Gasteiger partial charge < -0.3 is 14.1 Å². The van der Waals surface area contributed by atoms with Gasteiger partial charge in [0, 0.05) is 24.7 Å². The lowest BCUT2D eigenvalue weighted by molar-refractivity contribution is -0.132. The standard InChI is InChI=1S/C26H27N3O4/c1-18-22(27-25(33-18)20-10-6-3-7-11-20)16-24(30)28-14-12-21(13-15-28)29-23(17-32-26(29)31)19-8-4-2-5-9-19/h2-11,21,23H,12-17H2,1H3/t23-/m0/s1. The van der Waals surface area contributed by atoms with Crippen LogP contribution in [0.3, 0.4) is 0 Å². The summed E-state index contributed by atoms with van der Waals surface area (Å²) >= 11 is 0. The van der Waals surface area contributed by atoms with E-state index in [1.54, 1.807) is 0 Å². The van der Waals surface area contributed by atoms with Gasteiger partial charge in [-0.2, -0.15) is 0 Å². The number of rotatable bonds is 5. The first kappa shape index (κ1) is 21.2. The lowest BCUT2D eigenvalue weighted by atomic mass is 9.99. The highest BCUT2D eigenvalue weighted by atomic mass is 16.6. The molecule has 33 heavy (non-hydrogen) atoms. The number of hydrogen-bond acceptors (Lipinski definition) is 5. The van der Waals surface area contributed by atoms with Gasteiger partial charge in [0.25, 0.3) is 0 Å². The second-order valence-electron chi connectivity index (χ2n) is 8.59. The first-order valence-electron chi connectivity index (χ1n) is 11.4. The van der Waals surface area contributed by atoms with Crippen LogP contribution in [0.4, 0.5) is 4.79 Å².